The first-order valence-corrected chi connectivity index (χ1v) is 7.15. The quantitative estimate of drug-likeness (QED) is 0.884. The molecule has 0 spiro atoms. The Balaban J connectivity index is 2.07. The fourth-order valence-electron chi connectivity index (χ4n) is 2.71. The number of rotatable bonds is 5. The Morgan fingerprint density at radius 3 is 3.11 bits per heavy atom. The van der Waals surface area contributed by atoms with Crippen molar-refractivity contribution in [3.63, 3.8) is 0 Å². The van der Waals surface area contributed by atoms with E-state index in [1.807, 2.05) is 12.1 Å². The summed E-state index contributed by atoms with van der Waals surface area (Å²) >= 11 is 0. The van der Waals surface area contributed by atoms with E-state index in [1.54, 1.807) is 0 Å². The lowest BCUT2D eigenvalue weighted by atomic mass is 10.1. The van der Waals surface area contributed by atoms with Crippen LogP contribution in [-0.2, 0) is 11.3 Å². The SMILES string of the molecule is CCCN1CCC[C@H]1c1cccc(CNC(C)=O)n1. The van der Waals surface area contributed by atoms with Crippen LogP contribution in [0.1, 0.15) is 50.5 Å². The van der Waals surface area contributed by atoms with E-state index in [2.05, 4.69) is 23.2 Å². The highest BCUT2D eigenvalue weighted by atomic mass is 16.1. The van der Waals surface area contributed by atoms with E-state index in [1.165, 1.54) is 32.7 Å². The molecular weight excluding hydrogens is 238 g/mol. The molecule has 1 aromatic heterocycles. The monoisotopic (exact) mass is 261 g/mol. The Bertz CT molecular complexity index is 433. The van der Waals surface area contributed by atoms with Crippen LogP contribution in [0.3, 0.4) is 0 Å². The number of nitrogens with zero attached hydrogens (tertiary/aromatic N) is 2. The maximum absolute atomic E-state index is 10.9. The van der Waals surface area contributed by atoms with Gasteiger partial charge >= 0.3 is 0 Å². The predicted molar refractivity (Wildman–Crippen MR) is 75.6 cm³/mol. The van der Waals surface area contributed by atoms with Gasteiger partial charge in [-0.25, -0.2) is 0 Å². The van der Waals surface area contributed by atoms with E-state index in [9.17, 15) is 4.79 Å². The Morgan fingerprint density at radius 2 is 2.37 bits per heavy atom. The maximum Gasteiger partial charge on any atom is 0.217 e. The highest BCUT2D eigenvalue weighted by molar-refractivity contribution is 5.72. The number of nitrogens with one attached hydrogen (secondary N) is 1. The molecule has 4 nitrogen and oxygen atoms in total. The Morgan fingerprint density at radius 1 is 1.53 bits per heavy atom. The van der Waals surface area contributed by atoms with Crippen molar-refractivity contribution in [1.29, 1.82) is 0 Å². The second-order valence-electron chi connectivity index (χ2n) is 5.16. The van der Waals surface area contributed by atoms with Gasteiger partial charge in [-0.3, -0.25) is 14.7 Å². The zero-order valence-corrected chi connectivity index (χ0v) is 11.9. The summed E-state index contributed by atoms with van der Waals surface area (Å²) in [5, 5.41) is 2.80. The number of aromatic nitrogens is 1. The Kier molecular flexibility index (Phi) is 4.91. The van der Waals surface area contributed by atoms with Gasteiger partial charge in [0.15, 0.2) is 0 Å². The standard InChI is InChI=1S/C15H23N3O/c1-3-9-18-10-5-8-15(18)14-7-4-6-13(17-14)11-16-12(2)19/h4,6-7,15H,3,5,8-11H2,1-2H3,(H,16,19)/t15-/m0/s1. The van der Waals surface area contributed by atoms with Crippen molar-refractivity contribution >= 4 is 5.91 Å². The number of pyridine rings is 1. The van der Waals surface area contributed by atoms with Gasteiger partial charge in [-0.05, 0) is 44.5 Å². The van der Waals surface area contributed by atoms with Crippen molar-refractivity contribution in [1.82, 2.24) is 15.2 Å². The molecule has 104 valence electrons. The van der Waals surface area contributed by atoms with Crippen LogP contribution in [0.4, 0.5) is 0 Å². The second kappa shape index (κ2) is 6.66. The van der Waals surface area contributed by atoms with Crippen LogP contribution in [-0.4, -0.2) is 28.9 Å². The van der Waals surface area contributed by atoms with E-state index >= 15 is 0 Å². The van der Waals surface area contributed by atoms with E-state index in [-0.39, 0.29) is 5.91 Å². The first-order chi connectivity index (χ1) is 9.20. The molecule has 4 heteroatoms. The maximum atomic E-state index is 10.9. The second-order valence-corrected chi connectivity index (χ2v) is 5.16. The highest BCUT2D eigenvalue weighted by Gasteiger charge is 2.26. The fourth-order valence-corrected chi connectivity index (χ4v) is 2.71. The van der Waals surface area contributed by atoms with Crippen LogP contribution >= 0.6 is 0 Å². The molecule has 1 aliphatic rings. The minimum absolute atomic E-state index is 0.0133. The number of likely N-dealkylation sites (tertiary alicyclic amines) is 1. The van der Waals surface area contributed by atoms with Gasteiger partial charge in [0.25, 0.3) is 0 Å². The van der Waals surface area contributed by atoms with Crippen molar-refractivity contribution in [3.05, 3.63) is 29.6 Å². The average molecular weight is 261 g/mol. The van der Waals surface area contributed by atoms with Crippen LogP contribution in [0.2, 0.25) is 0 Å². The molecule has 0 saturated carbocycles. The van der Waals surface area contributed by atoms with E-state index < -0.39 is 0 Å². The number of carbonyl (C=O) groups excluding carboxylic acids is 1. The third-order valence-electron chi connectivity index (χ3n) is 3.56. The summed E-state index contributed by atoms with van der Waals surface area (Å²) < 4.78 is 0. The topological polar surface area (TPSA) is 45.2 Å². The van der Waals surface area contributed by atoms with E-state index in [4.69, 9.17) is 4.98 Å². The largest absolute Gasteiger partial charge is 0.351 e. The average Bonchev–Trinajstić information content (AvgIpc) is 2.85. The molecule has 0 aliphatic carbocycles. The number of hydrogen-bond acceptors (Lipinski definition) is 3. The van der Waals surface area contributed by atoms with Crippen molar-refractivity contribution in [3.8, 4) is 0 Å². The third kappa shape index (κ3) is 3.77. The number of hydrogen-bond donors (Lipinski definition) is 1. The summed E-state index contributed by atoms with van der Waals surface area (Å²) in [6, 6.07) is 6.58. The summed E-state index contributed by atoms with van der Waals surface area (Å²) in [4.78, 5) is 18.2. The van der Waals surface area contributed by atoms with E-state index in [0.717, 1.165) is 17.9 Å². The smallest absolute Gasteiger partial charge is 0.217 e. The van der Waals surface area contributed by atoms with Gasteiger partial charge in [0.1, 0.15) is 0 Å². The molecular formula is C15H23N3O. The summed E-state index contributed by atoms with van der Waals surface area (Å²) in [6.45, 7) is 6.59. The molecule has 1 N–H and O–H groups in total. The van der Waals surface area contributed by atoms with Crippen LogP contribution < -0.4 is 5.32 Å². The molecule has 1 amide bonds. The van der Waals surface area contributed by atoms with Crippen molar-refractivity contribution in [2.24, 2.45) is 0 Å². The van der Waals surface area contributed by atoms with Crippen LogP contribution in [0.5, 0.6) is 0 Å². The molecule has 1 saturated heterocycles. The normalized spacial score (nSPS) is 19.6. The molecule has 1 atom stereocenters. The number of amides is 1. The molecule has 0 bridgehead atoms. The minimum Gasteiger partial charge on any atom is -0.351 e. The first-order valence-electron chi connectivity index (χ1n) is 7.15. The molecule has 1 fully saturated rings. The third-order valence-corrected chi connectivity index (χ3v) is 3.56. The summed E-state index contributed by atoms with van der Waals surface area (Å²) in [5.74, 6) is -0.0133. The van der Waals surface area contributed by atoms with Crippen molar-refractivity contribution < 1.29 is 4.79 Å². The Labute approximate surface area is 115 Å². The molecule has 1 aromatic rings. The summed E-state index contributed by atoms with van der Waals surface area (Å²) in [6.07, 6.45) is 3.63. The van der Waals surface area contributed by atoms with Gasteiger partial charge in [0, 0.05) is 6.92 Å². The zero-order chi connectivity index (χ0) is 13.7. The van der Waals surface area contributed by atoms with E-state index in [0.29, 0.717) is 12.6 Å². The van der Waals surface area contributed by atoms with Gasteiger partial charge in [0.2, 0.25) is 5.91 Å². The van der Waals surface area contributed by atoms with Crippen LogP contribution in [0.25, 0.3) is 0 Å². The van der Waals surface area contributed by atoms with Crippen molar-refractivity contribution in [2.75, 3.05) is 13.1 Å². The van der Waals surface area contributed by atoms with Gasteiger partial charge in [-0.15, -0.1) is 0 Å². The van der Waals surface area contributed by atoms with Crippen molar-refractivity contribution in [2.45, 2.75) is 45.7 Å². The van der Waals surface area contributed by atoms with Gasteiger partial charge < -0.3 is 5.32 Å². The number of carbonyl (C=O) groups is 1. The van der Waals surface area contributed by atoms with Gasteiger partial charge in [-0.1, -0.05) is 13.0 Å². The molecule has 2 rings (SSSR count). The fraction of sp³-hybridized carbons (Fsp3) is 0.600. The summed E-state index contributed by atoms with van der Waals surface area (Å²) in [7, 11) is 0. The highest BCUT2D eigenvalue weighted by Crippen LogP contribution is 2.30. The van der Waals surface area contributed by atoms with Crippen LogP contribution in [0, 0.1) is 0 Å². The molecule has 19 heavy (non-hydrogen) atoms. The zero-order valence-electron chi connectivity index (χ0n) is 11.9. The Hall–Kier alpha value is -1.42. The molecule has 0 aromatic carbocycles. The minimum atomic E-state index is -0.0133. The lowest BCUT2D eigenvalue weighted by molar-refractivity contribution is -0.119. The van der Waals surface area contributed by atoms with Gasteiger partial charge in [0.05, 0.1) is 24.0 Å². The first kappa shape index (κ1) is 14.0. The molecule has 1 aliphatic heterocycles. The molecule has 0 unspecified atom stereocenters. The lowest BCUT2D eigenvalue weighted by Crippen LogP contribution is -2.25. The van der Waals surface area contributed by atoms with Gasteiger partial charge in [-0.2, -0.15) is 0 Å². The molecule has 0 radical (unpaired) electrons. The predicted octanol–water partition coefficient (Wildman–Crippen LogP) is 2.26. The lowest BCUT2D eigenvalue weighted by Gasteiger charge is -2.23. The van der Waals surface area contributed by atoms with Crippen LogP contribution in [0.15, 0.2) is 18.2 Å². The molecule has 2 heterocycles. The summed E-state index contributed by atoms with van der Waals surface area (Å²) in [5.41, 5.74) is 2.09.